The fraction of sp³-hybridized carbons (Fsp3) is 0.273. The maximum absolute atomic E-state index is 12.6. The Bertz CT molecular complexity index is 1070. The maximum atomic E-state index is 12.6. The van der Waals surface area contributed by atoms with E-state index < -0.39 is 11.7 Å². The minimum Gasteiger partial charge on any atom is -0.350 e. The number of carbonyl (C=O) groups is 1. The van der Waals surface area contributed by atoms with Crippen molar-refractivity contribution in [2.75, 3.05) is 44.4 Å². The van der Waals surface area contributed by atoms with E-state index in [0.29, 0.717) is 11.3 Å². The van der Waals surface area contributed by atoms with Gasteiger partial charge < -0.3 is 15.1 Å². The molecule has 0 atom stereocenters. The Hall–Kier alpha value is -2.91. The van der Waals surface area contributed by atoms with Crippen molar-refractivity contribution in [2.24, 2.45) is 0 Å². The van der Waals surface area contributed by atoms with Crippen LogP contribution in [0.5, 0.6) is 0 Å². The van der Waals surface area contributed by atoms with Gasteiger partial charge in [-0.15, -0.1) is 0 Å². The third kappa shape index (κ3) is 6.28. The minimum absolute atomic E-state index is 0.368. The standard InChI is InChI=1S/C22H23F3N4OS/c1-28(2)12-13-29(3)21-27-18-10-9-17(14-19(18)31-21)26-20(30)11-6-15-4-7-16(8-5-15)22(23,24)25/h4-11,14H,12-13H2,1-3H3,(H,26,30). The summed E-state index contributed by atoms with van der Waals surface area (Å²) in [5, 5.41) is 3.68. The molecule has 3 rings (SSSR count). The van der Waals surface area contributed by atoms with Crippen LogP contribution in [0.25, 0.3) is 16.3 Å². The molecule has 3 aromatic rings. The summed E-state index contributed by atoms with van der Waals surface area (Å²) >= 11 is 1.55. The quantitative estimate of drug-likeness (QED) is 0.519. The number of benzene rings is 2. The van der Waals surface area contributed by atoms with Gasteiger partial charge in [0, 0.05) is 31.9 Å². The second-order valence-electron chi connectivity index (χ2n) is 7.35. The number of aromatic nitrogens is 1. The first kappa shape index (κ1) is 22.8. The molecule has 31 heavy (non-hydrogen) atoms. The van der Waals surface area contributed by atoms with Crippen molar-refractivity contribution in [1.82, 2.24) is 9.88 Å². The highest BCUT2D eigenvalue weighted by atomic mass is 32.1. The van der Waals surface area contributed by atoms with E-state index in [0.717, 1.165) is 40.6 Å². The van der Waals surface area contributed by atoms with Crippen molar-refractivity contribution in [1.29, 1.82) is 0 Å². The molecule has 1 heterocycles. The van der Waals surface area contributed by atoms with E-state index in [1.54, 1.807) is 17.4 Å². The molecule has 0 fully saturated rings. The van der Waals surface area contributed by atoms with E-state index in [9.17, 15) is 18.0 Å². The zero-order valence-corrected chi connectivity index (χ0v) is 18.2. The number of carbonyl (C=O) groups excluding carboxylic acids is 1. The highest BCUT2D eigenvalue weighted by Gasteiger charge is 2.29. The van der Waals surface area contributed by atoms with Crippen LogP contribution in [0.4, 0.5) is 24.0 Å². The van der Waals surface area contributed by atoms with E-state index in [4.69, 9.17) is 0 Å². The number of rotatable bonds is 7. The van der Waals surface area contributed by atoms with Gasteiger partial charge in [-0.25, -0.2) is 4.98 Å². The van der Waals surface area contributed by atoms with Gasteiger partial charge in [0.1, 0.15) is 0 Å². The van der Waals surface area contributed by atoms with Gasteiger partial charge in [-0.3, -0.25) is 4.79 Å². The molecule has 0 spiro atoms. The SMILES string of the molecule is CN(C)CCN(C)c1nc2ccc(NC(=O)C=Cc3ccc(C(F)(F)F)cc3)cc2s1. The van der Waals surface area contributed by atoms with Crippen LogP contribution in [0.1, 0.15) is 11.1 Å². The van der Waals surface area contributed by atoms with Crippen molar-refractivity contribution in [3.8, 4) is 0 Å². The Morgan fingerprint density at radius 1 is 1.10 bits per heavy atom. The monoisotopic (exact) mass is 448 g/mol. The molecule has 0 aliphatic heterocycles. The van der Waals surface area contributed by atoms with Gasteiger partial charge in [-0.05, 0) is 56.1 Å². The van der Waals surface area contributed by atoms with Gasteiger partial charge in [0.2, 0.25) is 5.91 Å². The van der Waals surface area contributed by atoms with Gasteiger partial charge in [0.15, 0.2) is 5.13 Å². The highest BCUT2D eigenvalue weighted by Crippen LogP contribution is 2.31. The van der Waals surface area contributed by atoms with Gasteiger partial charge in [-0.1, -0.05) is 23.5 Å². The van der Waals surface area contributed by atoms with E-state index in [-0.39, 0.29) is 5.91 Å². The van der Waals surface area contributed by atoms with Crippen LogP contribution >= 0.6 is 11.3 Å². The molecular formula is C22H23F3N4OS. The highest BCUT2D eigenvalue weighted by molar-refractivity contribution is 7.22. The maximum Gasteiger partial charge on any atom is 0.416 e. The molecule has 0 aliphatic rings. The second kappa shape index (κ2) is 9.49. The third-order valence-corrected chi connectivity index (χ3v) is 5.65. The Kier molecular flexibility index (Phi) is 6.97. The molecule has 0 saturated heterocycles. The normalized spacial score (nSPS) is 12.1. The van der Waals surface area contributed by atoms with Crippen molar-refractivity contribution >= 4 is 44.4 Å². The van der Waals surface area contributed by atoms with Crippen LogP contribution in [0.3, 0.4) is 0 Å². The van der Waals surface area contributed by atoms with E-state index in [1.165, 1.54) is 24.3 Å². The number of likely N-dealkylation sites (N-methyl/N-ethyl adjacent to an activating group) is 2. The van der Waals surface area contributed by atoms with Crippen molar-refractivity contribution in [3.63, 3.8) is 0 Å². The average molecular weight is 449 g/mol. The average Bonchev–Trinajstić information content (AvgIpc) is 3.13. The van der Waals surface area contributed by atoms with Crippen LogP contribution in [0, 0.1) is 0 Å². The molecule has 1 amide bonds. The molecule has 0 aliphatic carbocycles. The molecule has 0 radical (unpaired) electrons. The fourth-order valence-electron chi connectivity index (χ4n) is 2.74. The van der Waals surface area contributed by atoms with E-state index in [2.05, 4.69) is 20.1 Å². The number of halogens is 3. The Balaban J connectivity index is 1.64. The number of nitrogens with zero attached hydrogens (tertiary/aromatic N) is 3. The van der Waals surface area contributed by atoms with E-state index in [1.807, 2.05) is 33.3 Å². The molecule has 1 aromatic heterocycles. The summed E-state index contributed by atoms with van der Waals surface area (Å²) in [6, 6.07) is 10.1. The molecular weight excluding hydrogens is 425 g/mol. The summed E-state index contributed by atoms with van der Waals surface area (Å²) in [4.78, 5) is 21.0. The summed E-state index contributed by atoms with van der Waals surface area (Å²) < 4.78 is 38.8. The molecule has 0 bridgehead atoms. The number of fused-ring (bicyclic) bond motifs is 1. The minimum atomic E-state index is -4.38. The smallest absolute Gasteiger partial charge is 0.350 e. The van der Waals surface area contributed by atoms with Crippen LogP contribution in [0.15, 0.2) is 48.5 Å². The van der Waals surface area contributed by atoms with Gasteiger partial charge in [0.05, 0.1) is 15.8 Å². The first-order chi connectivity index (χ1) is 14.6. The van der Waals surface area contributed by atoms with Crippen LogP contribution in [0.2, 0.25) is 0 Å². The third-order valence-electron chi connectivity index (χ3n) is 4.52. The zero-order chi connectivity index (χ0) is 22.6. The fourth-order valence-corrected chi connectivity index (χ4v) is 3.73. The van der Waals surface area contributed by atoms with Crippen molar-refractivity contribution < 1.29 is 18.0 Å². The summed E-state index contributed by atoms with van der Waals surface area (Å²) in [6.07, 6.45) is -1.62. The van der Waals surface area contributed by atoms with Crippen molar-refractivity contribution in [2.45, 2.75) is 6.18 Å². The lowest BCUT2D eigenvalue weighted by molar-refractivity contribution is -0.137. The van der Waals surface area contributed by atoms with Gasteiger partial charge in [-0.2, -0.15) is 13.2 Å². The number of hydrogen-bond donors (Lipinski definition) is 1. The second-order valence-corrected chi connectivity index (χ2v) is 8.36. The lowest BCUT2D eigenvalue weighted by Gasteiger charge is -2.18. The molecule has 164 valence electrons. The molecule has 9 heteroatoms. The van der Waals surface area contributed by atoms with Crippen LogP contribution in [-0.2, 0) is 11.0 Å². The number of hydrogen-bond acceptors (Lipinski definition) is 5. The summed E-state index contributed by atoms with van der Waals surface area (Å²) in [5.41, 5.74) is 1.26. The van der Waals surface area contributed by atoms with Crippen LogP contribution in [-0.4, -0.2) is 50.0 Å². The Morgan fingerprint density at radius 2 is 1.81 bits per heavy atom. The predicted molar refractivity (Wildman–Crippen MR) is 121 cm³/mol. The van der Waals surface area contributed by atoms with Gasteiger partial charge in [0.25, 0.3) is 0 Å². The molecule has 1 N–H and O–H groups in total. The summed E-state index contributed by atoms with van der Waals surface area (Å²) in [5.74, 6) is -0.368. The largest absolute Gasteiger partial charge is 0.416 e. The number of nitrogens with one attached hydrogen (secondary N) is 1. The first-order valence-corrected chi connectivity index (χ1v) is 10.4. The first-order valence-electron chi connectivity index (χ1n) is 9.54. The van der Waals surface area contributed by atoms with Gasteiger partial charge >= 0.3 is 6.18 Å². The molecule has 0 saturated carbocycles. The zero-order valence-electron chi connectivity index (χ0n) is 17.4. The summed E-state index contributed by atoms with van der Waals surface area (Å²) in [7, 11) is 6.04. The molecule has 0 unspecified atom stereocenters. The lowest BCUT2D eigenvalue weighted by atomic mass is 10.1. The lowest BCUT2D eigenvalue weighted by Crippen LogP contribution is -2.28. The number of amides is 1. The molecule has 5 nitrogen and oxygen atoms in total. The Morgan fingerprint density at radius 3 is 2.45 bits per heavy atom. The topological polar surface area (TPSA) is 48.5 Å². The van der Waals surface area contributed by atoms with Crippen LogP contribution < -0.4 is 10.2 Å². The number of anilines is 2. The number of thiazole rings is 1. The Labute approximate surface area is 182 Å². The van der Waals surface area contributed by atoms with E-state index >= 15 is 0 Å². The molecule has 2 aromatic carbocycles. The summed E-state index contributed by atoms with van der Waals surface area (Å²) in [6.45, 7) is 1.77. The van der Waals surface area contributed by atoms with Crippen molar-refractivity contribution in [3.05, 3.63) is 59.7 Å². The predicted octanol–water partition coefficient (Wildman–Crippen LogP) is 4.96. The number of alkyl halides is 3.